The molecule has 0 aliphatic carbocycles. The second-order valence-corrected chi connectivity index (χ2v) is 6.87. The van der Waals surface area contributed by atoms with Crippen LogP contribution in [0.4, 0.5) is 0 Å². The number of hydrogen-bond donors (Lipinski definition) is 1. The number of nitrogens with zero attached hydrogens (tertiary/aromatic N) is 1. The number of rotatable bonds is 5. The molecular formula is C19H32N2. The minimum Gasteiger partial charge on any atom is -0.305 e. The van der Waals surface area contributed by atoms with Crippen LogP contribution >= 0.6 is 0 Å². The number of benzene rings is 1. The minimum absolute atomic E-state index is 0.0541. The first kappa shape index (κ1) is 16.5. The van der Waals surface area contributed by atoms with Crippen LogP contribution in [0.3, 0.4) is 0 Å². The molecule has 2 nitrogen and oxygen atoms in total. The van der Waals surface area contributed by atoms with Crippen molar-refractivity contribution in [1.29, 1.82) is 0 Å². The molecule has 1 aromatic rings. The fourth-order valence-corrected chi connectivity index (χ4v) is 3.77. The van der Waals surface area contributed by atoms with Gasteiger partial charge in [-0.25, -0.2) is 0 Å². The van der Waals surface area contributed by atoms with Gasteiger partial charge in [0, 0.05) is 24.7 Å². The van der Waals surface area contributed by atoms with Crippen LogP contribution in [-0.2, 0) is 5.54 Å². The third-order valence-electron chi connectivity index (χ3n) is 5.75. The third-order valence-corrected chi connectivity index (χ3v) is 5.75. The summed E-state index contributed by atoms with van der Waals surface area (Å²) in [7, 11) is 0. The molecule has 0 radical (unpaired) electrons. The van der Waals surface area contributed by atoms with Gasteiger partial charge in [0.15, 0.2) is 0 Å². The van der Waals surface area contributed by atoms with E-state index in [0.29, 0.717) is 11.6 Å². The molecule has 118 valence electrons. The van der Waals surface area contributed by atoms with E-state index in [2.05, 4.69) is 75.2 Å². The highest BCUT2D eigenvalue weighted by Crippen LogP contribution is 2.36. The quantitative estimate of drug-likeness (QED) is 0.875. The summed E-state index contributed by atoms with van der Waals surface area (Å²) in [5.74, 6) is 0. The van der Waals surface area contributed by atoms with Crippen molar-refractivity contribution in [3.05, 3.63) is 35.9 Å². The molecule has 21 heavy (non-hydrogen) atoms. The van der Waals surface area contributed by atoms with E-state index in [-0.39, 0.29) is 5.54 Å². The second-order valence-electron chi connectivity index (χ2n) is 6.87. The van der Waals surface area contributed by atoms with E-state index in [1.807, 2.05) is 0 Å². The molecule has 0 bridgehead atoms. The second kappa shape index (κ2) is 6.50. The Hall–Kier alpha value is -0.860. The molecule has 2 atom stereocenters. The van der Waals surface area contributed by atoms with Crippen molar-refractivity contribution in [3.63, 3.8) is 0 Å². The highest BCUT2D eigenvalue weighted by atomic mass is 15.3. The van der Waals surface area contributed by atoms with Gasteiger partial charge in [-0.15, -0.1) is 0 Å². The van der Waals surface area contributed by atoms with E-state index < -0.39 is 0 Å². The molecule has 1 aliphatic heterocycles. The van der Waals surface area contributed by atoms with E-state index in [1.165, 1.54) is 24.8 Å². The molecule has 2 heteroatoms. The van der Waals surface area contributed by atoms with E-state index in [1.54, 1.807) is 0 Å². The molecular weight excluding hydrogens is 256 g/mol. The summed E-state index contributed by atoms with van der Waals surface area (Å²) in [5.41, 5.74) is 1.77. The van der Waals surface area contributed by atoms with Crippen LogP contribution in [0.1, 0.15) is 59.4 Å². The molecule has 1 aromatic carbocycles. The van der Waals surface area contributed by atoms with Crippen LogP contribution < -0.4 is 5.32 Å². The standard InChI is InChI=1S/C19H32N2/c1-6-16(4)21-15-18(5,17-12-10-9-11-13-17)20-14-19(21,7-2)8-3/h9-13,16,20H,6-8,14-15H2,1-5H3. The lowest BCUT2D eigenvalue weighted by Crippen LogP contribution is -2.69. The molecule has 1 heterocycles. The summed E-state index contributed by atoms with van der Waals surface area (Å²) in [6.07, 6.45) is 3.64. The number of nitrogens with one attached hydrogen (secondary N) is 1. The molecule has 0 saturated carbocycles. The summed E-state index contributed by atoms with van der Waals surface area (Å²) in [4.78, 5) is 2.77. The molecule has 1 saturated heterocycles. The van der Waals surface area contributed by atoms with Gasteiger partial charge in [0.1, 0.15) is 0 Å². The van der Waals surface area contributed by atoms with E-state index in [0.717, 1.165) is 13.1 Å². The zero-order valence-electron chi connectivity index (χ0n) is 14.4. The SMILES string of the molecule is CCC(C)N1CC(C)(c2ccccc2)NCC1(CC)CC. The monoisotopic (exact) mass is 288 g/mol. The first-order valence-corrected chi connectivity index (χ1v) is 8.58. The normalized spacial score (nSPS) is 27.5. The smallest absolute Gasteiger partial charge is 0.0535 e. The van der Waals surface area contributed by atoms with Crippen molar-refractivity contribution >= 4 is 0 Å². The first-order chi connectivity index (χ1) is 10.0. The van der Waals surface area contributed by atoms with Crippen LogP contribution in [0.5, 0.6) is 0 Å². The van der Waals surface area contributed by atoms with Gasteiger partial charge in [-0.2, -0.15) is 0 Å². The van der Waals surface area contributed by atoms with Crippen LogP contribution in [0.2, 0.25) is 0 Å². The van der Waals surface area contributed by atoms with Crippen LogP contribution in [-0.4, -0.2) is 29.6 Å². The average molecular weight is 288 g/mol. The van der Waals surface area contributed by atoms with E-state index in [9.17, 15) is 0 Å². The molecule has 1 fully saturated rings. The predicted octanol–water partition coefficient (Wildman–Crippen LogP) is 4.16. The van der Waals surface area contributed by atoms with Crippen molar-refractivity contribution in [3.8, 4) is 0 Å². The van der Waals surface area contributed by atoms with Gasteiger partial charge in [0.25, 0.3) is 0 Å². The van der Waals surface area contributed by atoms with Gasteiger partial charge < -0.3 is 5.32 Å². The Morgan fingerprint density at radius 1 is 1.14 bits per heavy atom. The Kier molecular flexibility index (Phi) is 5.11. The molecule has 0 aromatic heterocycles. The topological polar surface area (TPSA) is 15.3 Å². The first-order valence-electron chi connectivity index (χ1n) is 8.58. The molecule has 0 amide bonds. The summed E-state index contributed by atoms with van der Waals surface area (Å²) < 4.78 is 0. The zero-order valence-corrected chi connectivity index (χ0v) is 14.4. The summed E-state index contributed by atoms with van der Waals surface area (Å²) in [6, 6.07) is 11.5. The molecule has 1 aliphatic rings. The lowest BCUT2D eigenvalue weighted by Gasteiger charge is -2.56. The van der Waals surface area contributed by atoms with Crippen molar-refractivity contribution in [2.45, 2.75) is 71.0 Å². The van der Waals surface area contributed by atoms with Crippen LogP contribution in [0.15, 0.2) is 30.3 Å². The van der Waals surface area contributed by atoms with Gasteiger partial charge in [0.2, 0.25) is 0 Å². The van der Waals surface area contributed by atoms with Crippen molar-refractivity contribution in [2.75, 3.05) is 13.1 Å². The van der Waals surface area contributed by atoms with Gasteiger partial charge in [-0.3, -0.25) is 4.90 Å². The Balaban J connectivity index is 2.32. The van der Waals surface area contributed by atoms with Crippen LogP contribution in [0.25, 0.3) is 0 Å². The molecule has 2 rings (SSSR count). The Labute approximate surface area is 130 Å². The van der Waals surface area contributed by atoms with Crippen molar-refractivity contribution < 1.29 is 0 Å². The zero-order chi connectivity index (χ0) is 15.5. The van der Waals surface area contributed by atoms with Gasteiger partial charge in [0.05, 0.1) is 5.54 Å². The maximum absolute atomic E-state index is 3.87. The molecule has 2 unspecified atom stereocenters. The lowest BCUT2D eigenvalue weighted by atomic mass is 9.79. The summed E-state index contributed by atoms with van der Waals surface area (Å²) >= 11 is 0. The minimum atomic E-state index is 0.0541. The molecule has 1 N–H and O–H groups in total. The number of piperazine rings is 1. The largest absolute Gasteiger partial charge is 0.305 e. The third kappa shape index (κ3) is 3.02. The van der Waals surface area contributed by atoms with Crippen molar-refractivity contribution in [1.82, 2.24) is 10.2 Å². The number of hydrogen-bond acceptors (Lipinski definition) is 2. The van der Waals surface area contributed by atoms with Gasteiger partial charge in [-0.05, 0) is 38.7 Å². The Bertz CT molecular complexity index is 438. The van der Waals surface area contributed by atoms with E-state index >= 15 is 0 Å². The average Bonchev–Trinajstić information content (AvgIpc) is 2.55. The Morgan fingerprint density at radius 3 is 2.29 bits per heavy atom. The highest BCUT2D eigenvalue weighted by Gasteiger charge is 2.45. The van der Waals surface area contributed by atoms with Crippen molar-refractivity contribution in [2.24, 2.45) is 0 Å². The highest BCUT2D eigenvalue weighted by molar-refractivity contribution is 5.26. The lowest BCUT2D eigenvalue weighted by molar-refractivity contribution is -0.0262. The Morgan fingerprint density at radius 2 is 1.76 bits per heavy atom. The summed E-state index contributed by atoms with van der Waals surface area (Å²) in [6.45, 7) is 13.9. The maximum Gasteiger partial charge on any atom is 0.0535 e. The maximum atomic E-state index is 3.87. The summed E-state index contributed by atoms with van der Waals surface area (Å²) in [5, 5.41) is 3.87. The predicted molar refractivity (Wildman–Crippen MR) is 91.6 cm³/mol. The van der Waals surface area contributed by atoms with Gasteiger partial charge >= 0.3 is 0 Å². The fraction of sp³-hybridized carbons (Fsp3) is 0.684. The van der Waals surface area contributed by atoms with E-state index in [4.69, 9.17) is 0 Å². The van der Waals surface area contributed by atoms with Crippen LogP contribution in [0, 0.1) is 0 Å². The van der Waals surface area contributed by atoms with Gasteiger partial charge in [-0.1, -0.05) is 51.1 Å². The fourth-order valence-electron chi connectivity index (χ4n) is 3.77. The molecule has 0 spiro atoms.